The average molecular weight is 445 g/mol. The smallest absolute Gasteiger partial charge is 0.303 e. The van der Waals surface area contributed by atoms with E-state index in [1.165, 1.54) is 13.8 Å². The molecule has 0 saturated heterocycles. The lowest BCUT2D eigenvalue weighted by molar-refractivity contribution is -0.179. The number of hydrogen-bond acceptors (Lipinski definition) is 7. The molecule has 174 valence electrons. The maximum Gasteiger partial charge on any atom is 0.303 e. The fraction of sp³-hybridized carbons (Fsp3) is 0.720. The molecule has 0 aliphatic heterocycles. The second-order valence-electron chi connectivity index (χ2n) is 10.3. The van der Waals surface area contributed by atoms with Crippen molar-refractivity contribution in [1.82, 2.24) is 0 Å². The van der Waals surface area contributed by atoms with Crippen LogP contribution in [0.15, 0.2) is 11.6 Å². The lowest BCUT2D eigenvalue weighted by Crippen LogP contribution is -2.59. The molecule has 0 unspecified atom stereocenters. The third kappa shape index (κ3) is 3.54. The molecule has 4 aliphatic rings. The van der Waals surface area contributed by atoms with Crippen LogP contribution in [0.2, 0.25) is 0 Å². The molecule has 0 spiro atoms. The number of carbonyl (C=O) groups excluding carboxylic acids is 5. The molecule has 4 rings (SSSR count). The summed E-state index contributed by atoms with van der Waals surface area (Å²) in [5.41, 5.74) is -0.0434. The maximum atomic E-state index is 13.0. The SMILES string of the molecule is CC(=O)OCC(=O)[C@H]1CC[C@H]2[C@@H]3CCC4=CC(=O)CC[C@]4(C)[C@H]3[C@@H](OC(C)=O)C[C@]12C=O. The molecule has 0 aromatic carbocycles. The van der Waals surface area contributed by atoms with E-state index in [1.54, 1.807) is 6.08 Å². The van der Waals surface area contributed by atoms with E-state index in [-0.39, 0.29) is 41.3 Å². The Morgan fingerprint density at radius 3 is 2.53 bits per heavy atom. The Balaban J connectivity index is 1.72. The zero-order chi connectivity index (χ0) is 23.3. The summed E-state index contributed by atoms with van der Waals surface area (Å²) in [6, 6.07) is 0. The van der Waals surface area contributed by atoms with Gasteiger partial charge in [0.25, 0.3) is 0 Å². The van der Waals surface area contributed by atoms with Gasteiger partial charge in [0.2, 0.25) is 0 Å². The van der Waals surface area contributed by atoms with Gasteiger partial charge in [-0.15, -0.1) is 0 Å². The van der Waals surface area contributed by atoms with Crippen molar-refractivity contribution in [3.05, 3.63) is 11.6 Å². The van der Waals surface area contributed by atoms with E-state index < -0.39 is 29.4 Å². The second-order valence-corrected chi connectivity index (χ2v) is 10.3. The van der Waals surface area contributed by atoms with Gasteiger partial charge in [0.1, 0.15) is 19.0 Å². The van der Waals surface area contributed by atoms with Crippen LogP contribution in [-0.2, 0) is 33.4 Å². The normalized spacial score (nSPS) is 40.3. The van der Waals surface area contributed by atoms with Crippen molar-refractivity contribution in [1.29, 1.82) is 0 Å². The van der Waals surface area contributed by atoms with E-state index in [2.05, 4.69) is 6.92 Å². The van der Waals surface area contributed by atoms with Crippen LogP contribution in [0.5, 0.6) is 0 Å². The molecule has 4 aliphatic carbocycles. The Morgan fingerprint density at radius 1 is 1.12 bits per heavy atom. The van der Waals surface area contributed by atoms with Crippen LogP contribution in [0.25, 0.3) is 0 Å². The highest BCUT2D eigenvalue weighted by molar-refractivity contribution is 5.92. The molecule has 0 aromatic rings. The third-order valence-corrected chi connectivity index (χ3v) is 8.82. The largest absolute Gasteiger partial charge is 0.462 e. The number of rotatable bonds is 5. The van der Waals surface area contributed by atoms with Crippen molar-refractivity contribution in [3.8, 4) is 0 Å². The first kappa shape index (κ1) is 22.9. The molecular formula is C25H32O7. The fourth-order valence-electron chi connectivity index (χ4n) is 7.63. The highest BCUT2D eigenvalue weighted by atomic mass is 16.5. The highest BCUT2D eigenvalue weighted by Crippen LogP contribution is 2.66. The Bertz CT molecular complexity index is 889. The second kappa shape index (κ2) is 8.23. The van der Waals surface area contributed by atoms with Crippen molar-refractivity contribution >= 4 is 29.8 Å². The van der Waals surface area contributed by atoms with E-state index >= 15 is 0 Å². The Hall–Kier alpha value is -2.31. The summed E-state index contributed by atoms with van der Waals surface area (Å²) in [4.78, 5) is 61.1. The van der Waals surface area contributed by atoms with E-state index in [4.69, 9.17) is 9.47 Å². The summed E-state index contributed by atoms with van der Waals surface area (Å²) in [6.45, 7) is 4.47. The fourth-order valence-corrected chi connectivity index (χ4v) is 7.63. The van der Waals surface area contributed by atoms with Gasteiger partial charge < -0.3 is 14.3 Å². The van der Waals surface area contributed by atoms with Crippen molar-refractivity contribution in [2.45, 2.75) is 71.8 Å². The molecule has 0 aromatic heterocycles. The van der Waals surface area contributed by atoms with Gasteiger partial charge in [0.15, 0.2) is 11.6 Å². The summed E-state index contributed by atoms with van der Waals surface area (Å²) in [5, 5.41) is 0. The number of allylic oxidation sites excluding steroid dienone is 1. The Morgan fingerprint density at radius 2 is 1.88 bits per heavy atom. The lowest BCUT2D eigenvalue weighted by Gasteiger charge is -2.59. The molecule has 7 nitrogen and oxygen atoms in total. The van der Waals surface area contributed by atoms with E-state index in [9.17, 15) is 24.0 Å². The van der Waals surface area contributed by atoms with Crippen molar-refractivity contribution < 1.29 is 33.4 Å². The topological polar surface area (TPSA) is 104 Å². The van der Waals surface area contributed by atoms with E-state index in [1.807, 2.05) is 0 Å². The number of ether oxygens (including phenoxy) is 2. The number of carbonyl (C=O) groups is 5. The Kier molecular flexibility index (Phi) is 5.88. The first-order valence-corrected chi connectivity index (χ1v) is 11.7. The van der Waals surface area contributed by atoms with Gasteiger partial charge in [-0.2, -0.15) is 0 Å². The van der Waals surface area contributed by atoms with Crippen molar-refractivity contribution in [2.75, 3.05) is 6.61 Å². The van der Waals surface area contributed by atoms with Gasteiger partial charge in [-0.05, 0) is 61.9 Å². The quantitative estimate of drug-likeness (QED) is 0.474. The molecular weight excluding hydrogens is 412 g/mol. The lowest BCUT2D eigenvalue weighted by atomic mass is 9.45. The summed E-state index contributed by atoms with van der Waals surface area (Å²) in [7, 11) is 0. The van der Waals surface area contributed by atoms with Crippen LogP contribution in [0.3, 0.4) is 0 Å². The number of esters is 2. The van der Waals surface area contributed by atoms with Gasteiger partial charge in [-0.25, -0.2) is 0 Å². The molecule has 0 amide bonds. The minimum absolute atomic E-state index is 0.0130. The molecule has 7 heteroatoms. The number of fused-ring (bicyclic) bond motifs is 5. The van der Waals surface area contributed by atoms with Crippen molar-refractivity contribution in [3.63, 3.8) is 0 Å². The zero-order valence-electron chi connectivity index (χ0n) is 19.1. The first-order valence-electron chi connectivity index (χ1n) is 11.7. The van der Waals surface area contributed by atoms with Gasteiger partial charge in [-0.1, -0.05) is 12.5 Å². The predicted octanol–water partition coefficient (Wildman–Crippen LogP) is 2.99. The zero-order valence-corrected chi connectivity index (χ0v) is 19.1. The van der Waals surface area contributed by atoms with Crippen LogP contribution < -0.4 is 0 Å². The minimum Gasteiger partial charge on any atom is -0.462 e. The standard InChI is InChI=1S/C25H32O7/c1-14(27)31-12-21(30)20-7-6-19-18-5-4-16-10-17(29)8-9-24(16,3)23(18)22(32-15(2)28)11-25(19,20)13-26/h10,13,18-20,22-23H,4-9,11-12H2,1-3H3/t18-,19-,20+,22-,23+,24-,25+/m0/s1. The van der Waals surface area contributed by atoms with E-state index in [0.29, 0.717) is 25.7 Å². The van der Waals surface area contributed by atoms with Crippen LogP contribution in [0, 0.1) is 34.5 Å². The predicted molar refractivity (Wildman–Crippen MR) is 113 cm³/mol. The number of ketones is 2. The maximum absolute atomic E-state index is 13.0. The highest BCUT2D eigenvalue weighted by Gasteiger charge is 2.65. The van der Waals surface area contributed by atoms with E-state index in [0.717, 1.165) is 31.1 Å². The molecule has 0 bridgehead atoms. The third-order valence-electron chi connectivity index (χ3n) is 8.82. The molecule has 0 N–H and O–H groups in total. The minimum atomic E-state index is -0.916. The summed E-state index contributed by atoms with van der Waals surface area (Å²) < 4.78 is 10.8. The molecule has 7 atom stereocenters. The number of Topliss-reactive ketones (excluding diaryl/α,β-unsaturated/α-hetero) is 1. The number of hydrogen-bond donors (Lipinski definition) is 0. The molecule has 3 saturated carbocycles. The summed E-state index contributed by atoms with van der Waals surface area (Å²) in [6.07, 6.45) is 6.61. The van der Waals surface area contributed by atoms with Crippen molar-refractivity contribution in [2.24, 2.45) is 34.5 Å². The van der Waals surface area contributed by atoms with Crippen LogP contribution >= 0.6 is 0 Å². The molecule has 0 radical (unpaired) electrons. The average Bonchev–Trinajstić information content (AvgIpc) is 3.11. The van der Waals surface area contributed by atoms with Gasteiger partial charge in [0, 0.05) is 37.5 Å². The molecule has 0 heterocycles. The molecule has 32 heavy (non-hydrogen) atoms. The van der Waals surface area contributed by atoms with Crippen LogP contribution in [0.1, 0.15) is 65.7 Å². The van der Waals surface area contributed by atoms with Crippen LogP contribution in [-0.4, -0.2) is 42.5 Å². The van der Waals surface area contributed by atoms with Gasteiger partial charge in [-0.3, -0.25) is 19.2 Å². The van der Waals surface area contributed by atoms with Gasteiger partial charge >= 0.3 is 11.9 Å². The molecule has 3 fully saturated rings. The van der Waals surface area contributed by atoms with Gasteiger partial charge in [0.05, 0.1) is 0 Å². The Labute approximate surface area is 188 Å². The summed E-state index contributed by atoms with van der Waals surface area (Å²) in [5.74, 6) is -1.41. The first-order chi connectivity index (χ1) is 15.1. The monoisotopic (exact) mass is 444 g/mol. The summed E-state index contributed by atoms with van der Waals surface area (Å²) >= 11 is 0. The number of aldehydes is 1. The van der Waals surface area contributed by atoms with Crippen LogP contribution in [0.4, 0.5) is 0 Å².